The Bertz CT molecular complexity index is 1200. The monoisotopic (exact) mass is 599 g/mol. The van der Waals surface area contributed by atoms with Gasteiger partial charge in [0.05, 0.1) is 5.69 Å². The van der Waals surface area contributed by atoms with E-state index >= 15 is 0 Å². The van der Waals surface area contributed by atoms with Crippen LogP contribution in [0.25, 0.3) is 11.3 Å². The molecule has 2 aromatic heterocycles. The highest BCUT2D eigenvalue weighted by Gasteiger charge is 2.26. The topological polar surface area (TPSA) is 76.6 Å². The summed E-state index contributed by atoms with van der Waals surface area (Å²) in [4.78, 5) is 28.5. The van der Waals surface area contributed by atoms with Gasteiger partial charge < -0.3 is 24.9 Å². The lowest BCUT2D eigenvalue weighted by Gasteiger charge is -2.36. The molecule has 0 saturated carbocycles. The molecule has 0 spiro atoms. The Labute approximate surface area is 235 Å². The number of hydrogen-bond acceptors (Lipinski definition) is 9. The van der Waals surface area contributed by atoms with E-state index in [1.165, 1.54) is 25.7 Å². The van der Waals surface area contributed by atoms with Crippen LogP contribution in [0.15, 0.2) is 34.1 Å². The number of thiocarbonyl (C=S) groups is 1. The molecule has 9 nitrogen and oxygen atoms in total. The lowest BCUT2D eigenvalue weighted by atomic mass is 10.2. The minimum atomic E-state index is 0.711. The lowest BCUT2D eigenvalue weighted by molar-refractivity contribution is 0.388. The third-order valence-electron chi connectivity index (χ3n) is 7.09. The average molecular weight is 601 g/mol. The van der Waals surface area contributed by atoms with Crippen molar-refractivity contribution in [1.82, 2.24) is 24.8 Å². The number of piperazine rings is 1. The van der Waals surface area contributed by atoms with E-state index in [4.69, 9.17) is 32.2 Å². The molecule has 1 N–H and O–H groups in total. The molecular weight excluding hydrogens is 570 g/mol. The summed E-state index contributed by atoms with van der Waals surface area (Å²) < 4.78 is 1.06. The molecule has 12 heteroatoms. The van der Waals surface area contributed by atoms with Gasteiger partial charge in [-0.2, -0.15) is 15.0 Å². The zero-order chi connectivity index (χ0) is 25.2. The molecule has 3 saturated heterocycles. The van der Waals surface area contributed by atoms with Gasteiger partial charge in [0, 0.05) is 67.8 Å². The number of anilines is 4. The van der Waals surface area contributed by atoms with Crippen molar-refractivity contribution in [2.75, 3.05) is 72.4 Å². The predicted octanol–water partition coefficient (Wildman–Crippen LogP) is 4.48. The van der Waals surface area contributed by atoms with E-state index in [9.17, 15) is 0 Å². The Balaban J connectivity index is 1.10. The van der Waals surface area contributed by atoms with Crippen LogP contribution < -0.4 is 20.0 Å². The molecule has 3 aliphatic heterocycles. The number of nitrogens with zero attached hydrogens (tertiary/aromatic N) is 8. The molecule has 5 heterocycles. The van der Waals surface area contributed by atoms with Gasteiger partial charge in [-0.25, -0.2) is 4.98 Å². The molecule has 3 fully saturated rings. The second kappa shape index (κ2) is 11.0. The summed E-state index contributed by atoms with van der Waals surface area (Å²) >= 11 is 10.8. The van der Waals surface area contributed by atoms with E-state index < -0.39 is 0 Å². The standard InChI is InChI=1S/C25H30BrN9S2/c26-19-7-5-18(6-8-19)20-17-37-24(27-20)31-25(36)35-15-13-34(14-16-35)23-29-21(32-9-1-2-10-32)28-22(30-23)33-11-3-4-12-33/h5-8,17H,1-4,9-16H2,(H,27,31,36). The molecule has 0 unspecified atom stereocenters. The fraction of sp³-hybridized carbons (Fsp3) is 0.480. The minimum Gasteiger partial charge on any atom is -0.345 e. The molecule has 1 aromatic carbocycles. The van der Waals surface area contributed by atoms with Crippen LogP contribution in [0.2, 0.25) is 0 Å². The number of halogens is 1. The number of nitrogens with one attached hydrogen (secondary N) is 1. The maximum absolute atomic E-state index is 5.74. The Hall–Kier alpha value is -2.57. The Morgan fingerprint density at radius 3 is 1.78 bits per heavy atom. The van der Waals surface area contributed by atoms with Crippen molar-refractivity contribution >= 4 is 67.6 Å². The maximum atomic E-state index is 5.74. The minimum absolute atomic E-state index is 0.711. The van der Waals surface area contributed by atoms with Crippen molar-refractivity contribution in [3.63, 3.8) is 0 Å². The molecule has 0 aliphatic carbocycles. The molecular formula is C25H30BrN9S2. The SMILES string of the molecule is S=C(Nc1nc(-c2ccc(Br)cc2)cs1)N1CCN(c2nc(N3CCCC3)nc(N3CCCC3)n2)CC1. The highest BCUT2D eigenvalue weighted by molar-refractivity contribution is 9.10. The molecule has 0 bridgehead atoms. The first-order chi connectivity index (χ1) is 18.1. The second-order valence-corrected chi connectivity index (χ2v) is 11.7. The van der Waals surface area contributed by atoms with Crippen LogP contribution in [0, 0.1) is 0 Å². The number of rotatable bonds is 5. The van der Waals surface area contributed by atoms with Gasteiger partial charge in [-0.15, -0.1) is 11.3 Å². The zero-order valence-electron chi connectivity index (χ0n) is 20.6. The third kappa shape index (κ3) is 5.65. The molecule has 0 amide bonds. The number of thiazole rings is 1. The van der Waals surface area contributed by atoms with Crippen LogP contribution in [0.5, 0.6) is 0 Å². The quantitative estimate of drug-likeness (QED) is 0.424. The normalized spacial score (nSPS) is 18.1. The average Bonchev–Trinajstić information content (AvgIpc) is 3.72. The second-order valence-electron chi connectivity index (χ2n) is 9.57. The van der Waals surface area contributed by atoms with E-state index in [2.05, 4.69) is 58.4 Å². The van der Waals surface area contributed by atoms with Gasteiger partial charge in [0.1, 0.15) is 0 Å². The smallest absolute Gasteiger partial charge is 0.232 e. The summed E-state index contributed by atoms with van der Waals surface area (Å²) in [5, 5.41) is 6.92. The summed E-state index contributed by atoms with van der Waals surface area (Å²) in [5.74, 6) is 2.44. The zero-order valence-corrected chi connectivity index (χ0v) is 23.9. The third-order valence-corrected chi connectivity index (χ3v) is 8.73. The van der Waals surface area contributed by atoms with E-state index in [0.29, 0.717) is 5.11 Å². The van der Waals surface area contributed by atoms with Crippen molar-refractivity contribution in [3.8, 4) is 11.3 Å². The summed E-state index contributed by atoms with van der Waals surface area (Å²) in [7, 11) is 0. The van der Waals surface area contributed by atoms with Gasteiger partial charge in [0.2, 0.25) is 17.8 Å². The van der Waals surface area contributed by atoms with E-state index in [1.807, 2.05) is 12.1 Å². The van der Waals surface area contributed by atoms with Crippen LogP contribution in [0.4, 0.5) is 23.0 Å². The lowest BCUT2D eigenvalue weighted by Crippen LogP contribution is -2.50. The molecule has 0 radical (unpaired) electrons. The van der Waals surface area contributed by atoms with Gasteiger partial charge >= 0.3 is 0 Å². The van der Waals surface area contributed by atoms with Crippen LogP contribution in [-0.4, -0.2) is 82.3 Å². The van der Waals surface area contributed by atoms with Crippen molar-refractivity contribution in [3.05, 3.63) is 34.1 Å². The van der Waals surface area contributed by atoms with E-state index in [1.54, 1.807) is 11.3 Å². The molecule has 0 atom stereocenters. The van der Waals surface area contributed by atoms with Crippen molar-refractivity contribution in [1.29, 1.82) is 0 Å². The first-order valence-corrected chi connectivity index (χ1v) is 15.0. The highest BCUT2D eigenvalue weighted by atomic mass is 79.9. The number of hydrogen-bond donors (Lipinski definition) is 1. The molecule has 3 aromatic rings. The van der Waals surface area contributed by atoms with Crippen molar-refractivity contribution in [2.45, 2.75) is 25.7 Å². The van der Waals surface area contributed by atoms with E-state index in [-0.39, 0.29) is 0 Å². The summed E-state index contributed by atoms with van der Waals surface area (Å²) in [6.07, 6.45) is 4.81. The van der Waals surface area contributed by atoms with Crippen LogP contribution >= 0.6 is 39.5 Å². The number of benzene rings is 1. The van der Waals surface area contributed by atoms with Gasteiger partial charge in [-0.3, -0.25) is 0 Å². The van der Waals surface area contributed by atoms with E-state index in [0.717, 1.165) is 91.1 Å². The maximum Gasteiger partial charge on any atom is 0.232 e. The Morgan fingerprint density at radius 1 is 0.730 bits per heavy atom. The predicted molar refractivity (Wildman–Crippen MR) is 158 cm³/mol. The van der Waals surface area contributed by atoms with Gasteiger partial charge in [0.15, 0.2) is 10.2 Å². The van der Waals surface area contributed by atoms with Crippen LogP contribution in [0.3, 0.4) is 0 Å². The van der Waals surface area contributed by atoms with Gasteiger partial charge in [0.25, 0.3) is 0 Å². The highest BCUT2D eigenvalue weighted by Crippen LogP contribution is 2.27. The largest absolute Gasteiger partial charge is 0.345 e. The summed E-state index contributed by atoms with van der Waals surface area (Å²) in [6, 6.07) is 8.18. The van der Waals surface area contributed by atoms with Gasteiger partial charge in [-0.1, -0.05) is 28.1 Å². The molecule has 194 valence electrons. The Kier molecular flexibility index (Phi) is 7.39. The molecule has 3 aliphatic rings. The fourth-order valence-electron chi connectivity index (χ4n) is 4.97. The first-order valence-electron chi connectivity index (χ1n) is 12.9. The van der Waals surface area contributed by atoms with Crippen molar-refractivity contribution in [2.24, 2.45) is 0 Å². The van der Waals surface area contributed by atoms with Crippen LogP contribution in [0.1, 0.15) is 25.7 Å². The molecule has 37 heavy (non-hydrogen) atoms. The summed E-state index contributed by atoms with van der Waals surface area (Å²) in [5.41, 5.74) is 2.04. The summed E-state index contributed by atoms with van der Waals surface area (Å²) in [6.45, 7) is 7.34. The Morgan fingerprint density at radius 2 is 1.24 bits per heavy atom. The molecule has 6 rings (SSSR count). The van der Waals surface area contributed by atoms with Crippen molar-refractivity contribution < 1.29 is 0 Å². The number of aromatic nitrogens is 4. The first kappa shape index (κ1) is 24.7. The fourth-order valence-corrected chi connectivity index (χ4v) is 6.29. The van der Waals surface area contributed by atoms with Gasteiger partial charge in [-0.05, 0) is 50.0 Å². The van der Waals surface area contributed by atoms with Crippen LogP contribution in [-0.2, 0) is 0 Å².